The van der Waals surface area contributed by atoms with E-state index in [1.165, 1.54) is 44.5 Å². The molecule has 1 saturated heterocycles. The summed E-state index contributed by atoms with van der Waals surface area (Å²) in [5.74, 6) is 0.325. The predicted octanol–water partition coefficient (Wildman–Crippen LogP) is 3.79. The van der Waals surface area contributed by atoms with Crippen molar-refractivity contribution in [3.63, 3.8) is 0 Å². The van der Waals surface area contributed by atoms with Crippen LogP contribution in [0, 0.1) is 5.82 Å². The van der Waals surface area contributed by atoms with Gasteiger partial charge < -0.3 is 9.64 Å². The van der Waals surface area contributed by atoms with Gasteiger partial charge in [0.25, 0.3) is 0 Å². The Bertz CT molecular complexity index is 856. The molecule has 0 N–H and O–H groups in total. The van der Waals surface area contributed by atoms with Crippen LogP contribution < -0.4 is 4.74 Å². The quantitative estimate of drug-likeness (QED) is 0.632. The molecule has 1 aliphatic heterocycles. The van der Waals surface area contributed by atoms with Gasteiger partial charge in [-0.15, -0.1) is 5.10 Å². The fourth-order valence-electron chi connectivity index (χ4n) is 3.40. The summed E-state index contributed by atoms with van der Waals surface area (Å²) in [6.45, 7) is 4.14. The Balaban J connectivity index is 1.41. The van der Waals surface area contributed by atoms with Gasteiger partial charge in [-0.2, -0.15) is 0 Å². The summed E-state index contributed by atoms with van der Waals surface area (Å²) in [6.07, 6.45) is 6.72. The van der Waals surface area contributed by atoms with Crippen LogP contribution in [0.2, 0.25) is 0 Å². The minimum Gasteiger partial charge on any atom is -0.477 e. The van der Waals surface area contributed by atoms with Gasteiger partial charge in [0.2, 0.25) is 5.88 Å². The van der Waals surface area contributed by atoms with E-state index < -0.39 is 0 Å². The molecular weight excluding hydrogens is 331 g/mol. The summed E-state index contributed by atoms with van der Waals surface area (Å²) < 4.78 is 20.7. The van der Waals surface area contributed by atoms with Crippen molar-refractivity contribution in [3.8, 4) is 17.1 Å². The highest BCUT2D eigenvalue weighted by Crippen LogP contribution is 2.21. The number of hydrogen-bond acceptors (Lipinski definition) is 4. The fourth-order valence-corrected chi connectivity index (χ4v) is 3.40. The van der Waals surface area contributed by atoms with E-state index >= 15 is 0 Å². The van der Waals surface area contributed by atoms with Crippen molar-refractivity contribution in [3.05, 3.63) is 48.4 Å². The van der Waals surface area contributed by atoms with E-state index in [4.69, 9.17) is 4.74 Å². The van der Waals surface area contributed by atoms with E-state index in [1.807, 2.05) is 12.1 Å². The van der Waals surface area contributed by atoms with Crippen molar-refractivity contribution >= 4 is 5.65 Å². The van der Waals surface area contributed by atoms with Gasteiger partial charge in [0, 0.05) is 18.2 Å². The van der Waals surface area contributed by atoms with Crippen molar-refractivity contribution in [2.24, 2.45) is 0 Å². The zero-order valence-electron chi connectivity index (χ0n) is 14.8. The minimum atomic E-state index is -0.256. The predicted molar refractivity (Wildman–Crippen MR) is 98.8 cm³/mol. The van der Waals surface area contributed by atoms with Crippen LogP contribution in [-0.4, -0.2) is 45.7 Å². The van der Waals surface area contributed by atoms with E-state index in [0.717, 1.165) is 29.9 Å². The van der Waals surface area contributed by atoms with Crippen LogP contribution in [0.3, 0.4) is 0 Å². The molecule has 1 fully saturated rings. The second kappa shape index (κ2) is 7.83. The third-order valence-corrected chi connectivity index (χ3v) is 4.80. The summed E-state index contributed by atoms with van der Waals surface area (Å²) in [5, 5.41) is 4.54. The van der Waals surface area contributed by atoms with E-state index in [9.17, 15) is 4.39 Å². The molecule has 0 aliphatic carbocycles. The first kappa shape index (κ1) is 17.0. The Morgan fingerprint density at radius 3 is 2.62 bits per heavy atom. The zero-order valence-corrected chi connectivity index (χ0v) is 14.8. The molecular formula is C20H23FN4O. The minimum absolute atomic E-state index is 0.256. The highest BCUT2D eigenvalue weighted by atomic mass is 19.1. The molecule has 0 radical (unpaired) electrons. The molecule has 3 aromatic rings. The number of aromatic nitrogens is 3. The van der Waals surface area contributed by atoms with Gasteiger partial charge in [-0.05, 0) is 62.7 Å². The number of piperidine rings is 1. The van der Waals surface area contributed by atoms with E-state index in [0.29, 0.717) is 12.5 Å². The van der Waals surface area contributed by atoms with Crippen molar-refractivity contribution in [2.45, 2.75) is 25.7 Å². The number of imidazole rings is 1. The molecule has 5 nitrogen and oxygen atoms in total. The number of nitrogens with zero attached hydrogens (tertiary/aromatic N) is 4. The fraction of sp³-hybridized carbons (Fsp3) is 0.400. The first-order valence-corrected chi connectivity index (χ1v) is 9.25. The third kappa shape index (κ3) is 3.85. The van der Waals surface area contributed by atoms with E-state index in [1.54, 1.807) is 22.8 Å². The molecule has 0 bridgehead atoms. The maximum absolute atomic E-state index is 13.2. The smallest absolute Gasteiger partial charge is 0.231 e. The molecule has 3 heterocycles. The number of hydrogen-bond donors (Lipinski definition) is 0. The van der Waals surface area contributed by atoms with Crippen LogP contribution in [0.1, 0.15) is 25.7 Å². The lowest BCUT2D eigenvalue weighted by atomic mass is 10.1. The second-order valence-corrected chi connectivity index (χ2v) is 6.70. The molecule has 0 spiro atoms. The number of halogens is 1. The topological polar surface area (TPSA) is 42.7 Å². The molecule has 4 rings (SSSR count). The lowest BCUT2D eigenvalue weighted by Crippen LogP contribution is -2.31. The number of rotatable bonds is 6. The number of likely N-dealkylation sites (tertiary alicyclic amines) is 1. The average Bonchev–Trinajstić information content (AvgIpc) is 3.10. The molecule has 0 unspecified atom stereocenters. The summed E-state index contributed by atoms with van der Waals surface area (Å²) >= 11 is 0. The highest BCUT2D eigenvalue weighted by Gasteiger charge is 2.11. The van der Waals surface area contributed by atoms with Gasteiger partial charge in [-0.3, -0.25) is 0 Å². The molecule has 2 aromatic heterocycles. The number of fused-ring (bicyclic) bond motifs is 1. The van der Waals surface area contributed by atoms with Crippen LogP contribution in [0.25, 0.3) is 16.9 Å². The van der Waals surface area contributed by atoms with Crippen LogP contribution >= 0.6 is 0 Å². The van der Waals surface area contributed by atoms with Crippen LogP contribution in [0.4, 0.5) is 4.39 Å². The van der Waals surface area contributed by atoms with Gasteiger partial charge in [0.15, 0.2) is 5.65 Å². The first-order valence-electron chi connectivity index (χ1n) is 9.25. The number of benzene rings is 1. The molecule has 1 aromatic carbocycles. The van der Waals surface area contributed by atoms with Gasteiger partial charge in [-0.25, -0.2) is 13.9 Å². The molecule has 0 amide bonds. The highest BCUT2D eigenvalue weighted by molar-refractivity contribution is 5.62. The lowest BCUT2D eigenvalue weighted by Gasteiger charge is -2.26. The lowest BCUT2D eigenvalue weighted by molar-refractivity contribution is 0.202. The Labute approximate surface area is 152 Å². The van der Waals surface area contributed by atoms with E-state index in [2.05, 4.69) is 15.0 Å². The maximum atomic E-state index is 13.2. The second-order valence-electron chi connectivity index (χ2n) is 6.70. The first-order chi connectivity index (χ1) is 12.8. The Morgan fingerprint density at radius 2 is 1.81 bits per heavy atom. The average molecular weight is 354 g/mol. The van der Waals surface area contributed by atoms with E-state index in [-0.39, 0.29) is 5.82 Å². The molecule has 0 atom stereocenters. The van der Waals surface area contributed by atoms with Crippen LogP contribution in [-0.2, 0) is 0 Å². The standard InChI is InChI=1S/C20H23FN4O/c21-17-7-5-16(6-8-17)18-15-22-19-9-10-20(23-25(18)19)26-14-4-13-24-11-2-1-3-12-24/h5-10,15H,1-4,11-14H2. The molecule has 26 heavy (non-hydrogen) atoms. The van der Waals surface area contributed by atoms with Gasteiger partial charge in [0.1, 0.15) is 5.82 Å². The van der Waals surface area contributed by atoms with Crippen molar-refractivity contribution in [2.75, 3.05) is 26.2 Å². The normalized spacial score (nSPS) is 15.4. The monoisotopic (exact) mass is 354 g/mol. The summed E-state index contributed by atoms with van der Waals surface area (Å²) in [6, 6.07) is 10.1. The van der Waals surface area contributed by atoms with Gasteiger partial charge in [0.05, 0.1) is 18.5 Å². The molecule has 6 heteroatoms. The van der Waals surface area contributed by atoms with Crippen molar-refractivity contribution in [1.29, 1.82) is 0 Å². The largest absolute Gasteiger partial charge is 0.477 e. The summed E-state index contributed by atoms with van der Waals surface area (Å²) in [5.41, 5.74) is 2.43. The Morgan fingerprint density at radius 1 is 1.00 bits per heavy atom. The molecule has 1 aliphatic rings. The Kier molecular flexibility index (Phi) is 5.11. The molecule has 136 valence electrons. The maximum Gasteiger partial charge on any atom is 0.231 e. The van der Waals surface area contributed by atoms with Crippen LogP contribution in [0.15, 0.2) is 42.6 Å². The summed E-state index contributed by atoms with van der Waals surface area (Å²) in [7, 11) is 0. The van der Waals surface area contributed by atoms with Crippen LogP contribution in [0.5, 0.6) is 5.88 Å². The third-order valence-electron chi connectivity index (χ3n) is 4.80. The van der Waals surface area contributed by atoms with Crippen molar-refractivity contribution < 1.29 is 9.13 Å². The SMILES string of the molecule is Fc1ccc(-c2cnc3ccc(OCCCN4CCCCC4)nn23)cc1. The zero-order chi connectivity index (χ0) is 17.8. The van der Waals surface area contributed by atoms with Gasteiger partial charge >= 0.3 is 0 Å². The van der Waals surface area contributed by atoms with Crippen molar-refractivity contribution in [1.82, 2.24) is 19.5 Å². The van der Waals surface area contributed by atoms with Gasteiger partial charge in [-0.1, -0.05) is 6.42 Å². The Hall–Kier alpha value is -2.47. The summed E-state index contributed by atoms with van der Waals surface area (Å²) in [4.78, 5) is 6.87. The molecule has 0 saturated carbocycles. The number of ether oxygens (including phenoxy) is 1.